The Bertz CT molecular complexity index is 370. The first-order chi connectivity index (χ1) is 7.52. The highest BCUT2D eigenvalue weighted by Crippen LogP contribution is 2.30. The molecule has 0 bridgehead atoms. The Kier molecular flexibility index (Phi) is 3.04. The Hall–Kier alpha value is -0.870. The number of aromatic nitrogens is 2. The van der Waals surface area contributed by atoms with Gasteiger partial charge in [-0.3, -0.25) is 4.68 Å². The number of nitrogens with zero attached hydrogens (tertiary/aromatic N) is 2. The Morgan fingerprint density at radius 3 is 2.88 bits per heavy atom. The van der Waals surface area contributed by atoms with Crippen molar-refractivity contribution >= 4 is 0 Å². The van der Waals surface area contributed by atoms with Crippen LogP contribution < -0.4 is 5.73 Å². The van der Waals surface area contributed by atoms with Crippen molar-refractivity contribution in [3.05, 3.63) is 17.5 Å². The minimum atomic E-state index is 0.0302. The summed E-state index contributed by atoms with van der Waals surface area (Å²) < 4.78 is 7.97. The van der Waals surface area contributed by atoms with E-state index >= 15 is 0 Å². The summed E-state index contributed by atoms with van der Waals surface area (Å²) in [6, 6.07) is 0. The van der Waals surface area contributed by atoms with Crippen molar-refractivity contribution in [1.82, 2.24) is 9.78 Å². The van der Waals surface area contributed by atoms with E-state index in [1.54, 1.807) is 0 Å². The molecule has 0 radical (unpaired) electrons. The van der Waals surface area contributed by atoms with Gasteiger partial charge in [0.2, 0.25) is 0 Å². The third kappa shape index (κ3) is 2.28. The first-order valence-electron chi connectivity index (χ1n) is 5.91. The minimum absolute atomic E-state index is 0.0302. The number of hydrogen-bond acceptors (Lipinski definition) is 3. The molecule has 0 aromatic carbocycles. The smallest absolute Gasteiger partial charge is 0.0779 e. The summed E-state index contributed by atoms with van der Waals surface area (Å²) >= 11 is 0. The molecule has 1 fully saturated rings. The molecule has 2 heterocycles. The van der Waals surface area contributed by atoms with Gasteiger partial charge in [-0.15, -0.1) is 0 Å². The highest BCUT2D eigenvalue weighted by Gasteiger charge is 2.32. The fourth-order valence-corrected chi connectivity index (χ4v) is 2.27. The van der Waals surface area contributed by atoms with Crippen LogP contribution in [-0.2, 0) is 17.8 Å². The minimum Gasteiger partial charge on any atom is -0.370 e. The van der Waals surface area contributed by atoms with Crippen LogP contribution in [0, 0.1) is 6.92 Å². The van der Waals surface area contributed by atoms with Crippen LogP contribution in [0.3, 0.4) is 0 Å². The molecular weight excluding hydrogens is 202 g/mol. The van der Waals surface area contributed by atoms with Crippen LogP contribution in [0.5, 0.6) is 0 Å². The maximum atomic E-state index is 5.96. The van der Waals surface area contributed by atoms with Crippen LogP contribution in [0.15, 0.2) is 6.20 Å². The Morgan fingerprint density at radius 1 is 1.62 bits per heavy atom. The molecule has 1 aromatic rings. The average molecular weight is 223 g/mol. The van der Waals surface area contributed by atoms with E-state index in [0.717, 1.165) is 30.6 Å². The quantitative estimate of drug-likeness (QED) is 0.847. The van der Waals surface area contributed by atoms with Gasteiger partial charge in [-0.25, -0.2) is 0 Å². The second-order valence-electron chi connectivity index (χ2n) is 5.18. The first-order valence-corrected chi connectivity index (χ1v) is 5.91. The molecule has 1 aromatic heterocycles. The van der Waals surface area contributed by atoms with Gasteiger partial charge in [0.15, 0.2) is 0 Å². The topological polar surface area (TPSA) is 53.1 Å². The Labute approximate surface area is 96.8 Å². The largest absolute Gasteiger partial charge is 0.370 e. The summed E-state index contributed by atoms with van der Waals surface area (Å²) in [6.45, 7) is 7.76. The number of hydrogen-bond donors (Lipinski definition) is 1. The third-order valence-electron chi connectivity index (χ3n) is 3.36. The molecule has 90 valence electrons. The van der Waals surface area contributed by atoms with Crippen molar-refractivity contribution in [2.75, 3.05) is 0 Å². The summed E-state index contributed by atoms with van der Waals surface area (Å²) in [5.74, 6) is 0. The second kappa shape index (κ2) is 4.18. The molecule has 16 heavy (non-hydrogen) atoms. The van der Waals surface area contributed by atoms with E-state index in [1.807, 2.05) is 10.9 Å². The summed E-state index contributed by atoms with van der Waals surface area (Å²) in [7, 11) is 0. The molecule has 0 saturated carbocycles. The van der Waals surface area contributed by atoms with Gasteiger partial charge in [-0.05, 0) is 33.6 Å². The molecule has 4 nitrogen and oxygen atoms in total. The summed E-state index contributed by atoms with van der Waals surface area (Å²) in [5.41, 5.74) is 7.95. The van der Waals surface area contributed by atoms with Crippen molar-refractivity contribution in [2.45, 2.75) is 58.4 Å². The van der Waals surface area contributed by atoms with Gasteiger partial charge >= 0.3 is 0 Å². The van der Waals surface area contributed by atoms with Crippen molar-refractivity contribution in [2.24, 2.45) is 5.73 Å². The predicted octanol–water partition coefficient (Wildman–Crippen LogP) is 1.61. The van der Waals surface area contributed by atoms with Gasteiger partial charge in [0, 0.05) is 17.8 Å². The van der Waals surface area contributed by atoms with E-state index in [1.165, 1.54) is 0 Å². The van der Waals surface area contributed by atoms with Gasteiger partial charge < -0.3 is 10.5 Å². The molecule has 1 saturated heterocycles. The fourth-order valence-electron chi connectivity index (χ4n) is 2.27. The second-order valence-corrected chi connectivity index (χ2v) is 5.18. The SMILES string of the molecule is Cc1c(CN)cnn1CC1CCC(C)(C)O1. The number of nitrogens with two attached hydrogens (primary N) is 1. The average Bonchev–Trinajstić information content (AvgIpc) is 2.72. The van der Waals surface area contributed by atoms with Crippen LogP contribution in [-0.4, -0.2) is 21.5 Å². The van der Waals surface area contributed by atoms with E-state index < -0.39 is 0 Å². The van der Waals surface area contributed by atoms with Crippen molar-refractivity contribution in [1.29, 1.82) is 0 Å². The van der Waals surface area contributed by atoms with E-state index in [0.29, 0.717) is 12.6 Å². The summed E-state index contributed by atoms with van der Waals surface area (Å²) in [5, 5.41) is 4.35. The molecule has 0 amide bonds. The highest BCUT2D eigenvalue weighted by atomic mass is 16.5. The van der Waals surface area contributed by atoms with Crippen LogP contribution in [0.1, 0.15) is 37.9 Å². The van der Waals surface area contributed by atoms with E-state index in [9.17, 15) is 0 Å². The standard InChI is InChI=1S/C12H21N3O/c1-9-10(6-13)7-14-15(9)8-11-4-5-12(2,3)16-11/h7,11H,4-6,8,13H2,1-3H3. The van der Waals surface area contributed by atoms with E-state index in [4.69, 9.17) is 10.5 Å². The van der Waals surface area contributed by atoms with Gasteiger partial charge in [0.1, 0.15) is 0 Å². The Morgan fingerprint density at radius 2 is 2.38 bits per heavy atom. The van der Waals surface area contributed by atoms with Crippen LogP contribution >= 0.6 is 0 Å². The molecule has 1 aliphatic heterocycles. The third-order valence-corrected chi connectivity index (χ3v) is 3.36. The summed E-state index contributed by atoms with van der Waals surface area (Å²) in [6.07, 6.45) is 4.39. The lowest BCUT2D eigenvalue weighted by Gasteiger charge is -2.19. The lowest BCUT2D eigenvalue weighted by molar-refractivity contribution is -0.0232. The Balaban J connectivity index is 2.02. The van der Waals surface area contributed by atoms with Crippen LogP contribution in [0.4, 0.5) is 0 Å². The molecule has 0 spiro atoms. The fraction of sp³-hybridized carbons (Fsp3) is 0.750. The van der Waals surface area contributed by atoms with Crippen LogP contribution in [0.25, 0.3) is 0 Å². The predicted molar refractivity (Wildman–Crippen MR) is 63.0 cm³/mol. The number of ether oxygens (including phenoxy) is 1. The van der Waals surface area contributed by atoms with E-state index in [-0.39, 0.29) is 5.60 Å². The number of rotatable bonds is 3. The molecule has 1 unspecified atom stereocenters. The normalized spacial score (nSPS) is 23.9. The molecule has 0 aliphatic carbocycles. The lowest BCUT2D eigenvalue weighted by atomic mass is 10.1. The van der Waals surface area contributed by atoms with Crippen molar-refractivity contribution in [3.8, 4) is 0 Å². The monoisotopic (exact) mass is 223 g/mol. The molecule has 2 N–H and O–H groups in total. The highest BCUT2D eigenvalue weighted by molar-refractivity contribution is 5.15. The zero-order valence-corrected chi connectivity index (χ0v) is 10.4. The zero-order valence-electron chi connectivity index (χ0n) is 10.4. The molecular formula is C12H21N3O. The van der Waals surface area contributed by atoms with Crippen LogP contribution in [0.2, 0.25) is 0 Å². The van der Waals surface area contributed by atoms with Gasteiger partial charge in [-0.1, -0.05) is 0 Å². The van der Waals surface area contributed by atoms with Gasteiger partial charge in [-0.2, -0.15) is 5.10 Å². The van der Waals surface area contributed by atoms with Gasteiger partial charge in [0.25, 0.3) is 0 Å². The molecule has 2 rings (SSSR count). The van der Waals surface area contributed by atoms with Crippen molar-refractivity contribution < 1.29 is 4.74 Å². The first kappa shape index (κ1) is 11.6. The zero-order chi connectivity index (χ0) is 11.8. The maximum Gasteiger partial charge on any atom is 0.0779 e. The summed E-state index contributed by atoms with van der Waals surface area (Å²) in [4.78, 5) is 0. The molecule has 1 aliphatic rings. The van der Waals surface area contributed by atoms with Gasteiger partial charge in [0.05, 0.1) is 24.4 Å². The lowest BCUT2D eigenvalue weighted by Crippen LogP contribution is -2.23. The molecule has 1 atom stereocenters. The van der Waals surface area contributed by atoms with Crippen molar-refractivity contribution in [3.63, 3.8) is 0 Å². The molecule has 4 heteroatoms. The van der Waals surface area contributed by atoms with E-state index in [2.05, 4.69) is 25.9 Å². The maximum absolute atomic E-state index is 5.96.